The second-order valence-electron chi connectivity index (χ2n) is 7.53. The number of aromatic amines is 1. The summed E-state index contributed by atoms with van der Waals surface area (Å²) in [6.07, 6.45) is 0. The number of benzene rings is 2. The van der Waals surface area contributed by atoms with Gasteiger partial charge in [0.05, 0.1) is 26.8 Å². The molecule has 3 aromatic rings. The lowest BCUT2D eigenvalue weighted by Crippen LogP contribution is -2.50. The lowest BCUT2D eigenvalue weighted by molar-refractivity contribution is 0.0533. The number of halogens is 2. The third-order valence-corrected chi connectivity index (χ3v) is 6.07. The first-order valence-corrected chi connectivity index (χ1v) is 11.0. The monoisotopic (exact) mass is 491 g/mol. The predicted molar refractivity (Wildman–Crippen MR) is 126 cm³/mol. The van der Waals surface area contributed by atoms with Gasteiger partial charge >= 0.3 is 0 Å². The fourth-order valence-electron chi connectivity index (χ4n) is 3.99. The van der Waals surface area contributed by atoms with E-state index in [1.807, 2.05) is 0 Å². The molecule has 0 unspecified atom stereocenters. The van der Waals surface area contributed by atoms with E-state index in [1.165, 1.54) is 14.2 Å². The minimum atomic E-state index is -0.174. The highest BCUT2D eigenvalue weighted by molar-refractivity contribution is 6.35. The van der Waals surface area contributed by atoms with Crippen molar-refractivity contribution in [2.45, 2.75) is 0 Å². The Balaban J connectivity index is 1.52. The zero-order chi connectivity index (χ0) is 23.7. The quantitative estimate of drug-likeness (QED) is 0.580. The van der Waals surface area contributed by atoms with Crippen molar-refractivity contribution in [3.05, 3.63) is 51.6 Å². The molecule has 2 heterocycles. The highest BCUT2D eigenvalue weighted by Crippen LogP contribution is 2.41. The van der Waals surface area contributed by atoms with Crippen molar-refractivity contribution < 1.29 is 23.8 Å². The first-order chi connectivity index (χ1) is 15.9. The van der Waals surface area contributed by atoms with Crippen molar-refractivity contribution in [1.29, 1.82) is 0 Å². The molecule has 0 aliphatic carbocycles. The number of ether oxygens (including phenoxy) is 3. The number of nitrogens with zero attached hydrogens (tertiary/aromatic N) is 2. The van der Waals surface area contributed by atoms with Crippen molar-refractivity contribution in [2.75, 3.05) is 47.5 Å². The molecule has 0 spiro atoms. The number of aromatic nitrogens is 1. The smallest absolute Gasteiger partial charge is 0.270 e. The van der Waals surface area contributed by atoms with Gasteiger partial charge in [-0.15, -0.1) is 0 Å². The molecule has 0 saturated carbocycles. The van der Waals surface area contributed by atoms with E-state index in [2.05, 4.69) is 4.98 Å². The summed E-state index contributed by atoms with van der Waals surface area (Å²) in [5.74, 6) is 1.21. The lowest BCUT2D eigenvalue weighted by atomic mass is 10.1. The molecule has 4 rings (SSSR count). The average Bonchev–Trinajstić information content (AvgIpc) is 3.26. The van der Waals surface area contributed by atoms with Crippen molar-refractivity contribution in [1.82, 2.24) is 14.8 Å². The number of fused-ring (bicyclic) bond motifs is 1. The Morgan fingerprint density at radius 2 is 1.36 bits per heavy atom. The Morgan fingerprint density at radius 3 is 1.91 bits per heavy atom. The number of hydrogen-bond acceptors (Lipinski definition) is 5. The van der Waals surface area contributed by atoms with Gasteiger partial charge in [-0.2, -0.15) is 0 Å². The lowest BCUT2D eigenvalue weighted by Gasteiger charge is -2.34. The van der Waals surface area contributed by atoms with E-state index in [4.69, 9.17) is 37.4 Å². The molecule has 10 heteroatoms. The van der Waals surface area contributed by atoms with Gasteiger partial charge in [0.1, 0.15) is 11.4 Å². The molecule has 8 nitrogen and oxygen atoms in total. The molecule has 0 bridgehead atoms. The number of piperazine rings is 1. The molecule has 0 atom stereocenters. The van der Waals surface area contributed by atoms with Gasteiger partial charge in [0.25, 0.3) is 11.8 Å². The SMILES string of the molecule is COc1cc(OC)c2cc(C(=O)N3CCN(C(=O)c4cc(Cl)cc(Cl)c4)CC3)[nH]c2c1OC. The van der Waals surface area contributed by atoms with Gasteiger partial charge in [0, 0.05) is 53.2 Å². The molecule has 0 radical (unpaired) electrons. The molecule has 1 aromatic heterocycles. The normalized spacial score (nSPS) is 13.8. The number of nitrogens with one attached hydrogen (secondary N) is 1. The van der Waals surface area contributed by atoms with Crippen LogP contribution in [0.1, 0.15) is 20.8 Å². The number of carbonyl (C=O) groups excluding carboxylic acids is 2. The summed E-state index contributed by atoms with van der Waals surface area (Å²) in [6.45, 7) is 1.59. The minimum absolute atomic E-state index is 0.168. The molecule has 1 saturated heterocycles. The first-order valence-electron chi connectivity index (χ1n) is 10.2. The summed E-state index contributed by atoms with van der Waals surface area (Å²) in [5.41, 5.74) is 1.44. The average molecular weight is 492 g/mol. The molecule has 1 fully saturated rings. The van der Waals surface area contributed by atoms with E-state index >= 15 is 0 Å². The maximum atomic E-state index is 13.2. The van der Waals surface area contributed by atoms with Crippen LogP contribution in [-0.4, -0.2) is 74.1 Å². The van der Waals surface area contributed by atoms with E-state index in [-0.39, 0.29) is 11.8 Å². The molecule has 1 aliphatic heterocycles. The van der Waals surface area contributed by atoms with Crippen LogP contribution in [0, 0.1) is 0 Å². The first kappa shape index (κ1) is 23.1. The number of rotatable bonds is 5. The molecular formula is C23H23Cl2N3O5. The van der Waals surface area contributed by atoms with E-state index in [1.54, 1.807) is 47.2 Å². The number of H-pyrrole nitrogens is 1. The molecule has 33 heavy (non-hydrogen) atoms. The maximum Gasteiger partial charge on any atom is 0.270 e. The van der Waals surface area contributed by atoms with Crippen molar-refractivity contribution >= 4 is 45.9 Å². The van der Waals surface area contributed by atoms with Crippen LogP contribution in [-0.2, 0) is 0 Å². The van der Waals surface area contributed by atoms with Crippen LogP contribution in [0.3, 0.4) is 0 Å². The molecule has 2 aromatic carbocycles. The van der Waals surface area contributed by atoms with Crippen LogP contribution in [0.25, 0.3) is 10.9 Å². The fourth-order valence-corrected chi connectivity index (χ4v) is 4.52. The van der Waals surface area contributed by atoms with Crippen LogP contribution < -0.4 is 14.2 Å². The van der Waals surface area contributed by atoms with Crippen LogP contribution in [0.5, 0.6) is 17.2 Å². The number of hydrogen-bond donors (Lipinski definition) is 1. The van der Waals surface area contributed by atoms with E-state index in [0.29, 0.717) is 75.6 Å². The van der Waals surface area contributed by atoms with Crippen LogP contribution in [0.4, 0.5) is 0 Å². The van der Waals surface area contributed by atoms with E-state index < -0.39 is 0 Å². The summed E-state index contributed by atoms with van der Waals surface area (Å²) in [6, 6.07) is 8.22. The zero-order valence-electron chi connectivity index (χ0n) is 18.4. The maximum absolute atomic E-state index is 13.2. The van der Waals surface area contributed by atoms with Gasteiger partial charge < -0.3 is 29.0 Å². The molecule has 1 N–H and O–H groups in total. The zero-order valence-corrected chi connectivity index (χ0v) is 19.9. The molecule has 1 aliphatic rings. The van der Waals surface area contributed by atoms with E-state index in [9.17, 15) is 9.59 Å². The topological polar surface area (TPSA) is 84.1 Å². The third kappa shape index (κ3) is 4.41. The Bertz CT molecular complexity index is 1200. The molecular weight excluding hydrogens is 469 g/mol. The molecule has 174 valence electrons. The van der Waals surface area contributed by atoms with Gasteiger partial charge in [-0.25, -0.2) is 0 Å². The largest absolute Gasteiger partial charge is 0.496 e. The van der Waals surface area contributed by atoms with Gasteiger partial charge in [-0.1, -0.05) is 23.2 Å². The number of amides is 2. The van der Waals surface area contributed by atoms with Crippen molar-refractivity contribution in [3.8, 4) is 17.2 Å². The summed E-state index contributed by atoms with van der Waals surface area (Å²) in [5, 5.41) is 1.52. The number of carbonyl (C=O) groups is 2. The molecule has 2 amide bonds. The third-order valence-electron chi connectivity index (χ3n) is 5.63. The van der Waals surface area contributed by atoms with Gasteiger partial charge in [0.2, 0.25) is 0 Å². The highest BCUT2D eigenvalue weighted by atomic mass is 35.5. The predicted octanol–water partition coefficient (Wildman–Crippen LogP) is 4.10. The second-order valence-corrected chi connectivity index (χ2v) is 8.40. The van der Waals surface area contributed by atoms with Crippen LogP contribution >= 0.6 is 23.2 Å². The minimum Gasteiger partial charge on any atom is -0.496 e. The summed E-state index contributed by atoms with van der Waals surface area (Å²) in [7, 11) is 4.63. The van der Waals surface area contributed by atoms with Gasteiger partial charge in [0.15, 0.2) is 11.5 Å². The Morgan fingerprint density at radius 1 is 0.788 bits per heavy atom. The van der Waals surface area contributed by atoms with Crippen molar-refractivity contribution in [2.24, 2.45) is 0 Å². The summed E-state index contributed by atoms with van der Waals surface area (Å²) in [4.78, 5) is 32.6. The second kappa shape index (κ2) is 9.41. The fraction of sp³-hybridized carbons (Fsp3) is 0.304. The highest BCUT2D eigenvalue weighted by Gasteiger charge is 2.28. The number of methoxy groups -OCH3 is 3. The van der Waals surface area contributed by atoms with Crippen LogP contribution in [0.15, 0.2) is 30.3 Å². The standard InChI is InChI=1S/C23H23Cl2N3O5/c1-31-18-12-19(32-2)21(33-3)20-16(18)11-17(26-20)23(30)28-6-4-27(5-7-28)22(29)13-8-14(24)10-15(25)9-13/h8-12,26H,4-7H2,1-3H3. The van der Waals surface area contributed by atoms with Gasteiger partial charge in [-0.3, -0.25) is 9.59 Å². The van der Waals surface area contributed by atoms with E-state index in [0.717, 1.165) is 0 Å². The summed E-state index contributed by atoms with van der Waals surface area (Å²) >= 11 is 12.0. The Labute approximate surface area is 200 Å². The van der Waals surface area contributed by atoms with Crippen molar-refractivity contribution in [3.63, 3.8) is 0 Å². The Hall–Kier alpha value is -3.10. The summed E-state index contributed by atoms with van der Waals surface area (Å²) < 4.78 is 16.3. The van der Waals surface area contributed by atoms with Gasteiger partial charge in [-0.05, 0) is 24.3 Å². The Kier molecular flexibility index (Phi) is 6.58. The van der Waals surface area contributed by atoms with Crippen LogP contribution in [0.2, 0.25) is 10.0 Å².